The van der Waals surface area contributed by atoms with Crippen molar-refractivity contribution in [3.63, 3.8) is 0 Å². The Morgan fingerprint density at radius 1 is 1.00 bits per heavy atom. The van der Waals surface area contributed by atoms with E-state index in [1.165, 1.54) is 25.1 Å². The number of nitrogens with zero attached hydrogens (tertiary/aromatic N) is 3. The van der Waals surface area contributed by atoms with Crippen molar-refractivity contribution in [2.75, 3.05) is 6.61 Å². The van der Waals surface area contributed by atoms with Crippen LogP contribution in [0.25, 0.3) is 22.3 Å². The molecular weight excluding hydrogens is 566 g/mol. The zero-order chi connectivity index (χ0) is 30.2. The first-order valence-electron chi connectivity index (χ1n) is 13.5. The number of hydrogen-bond donors (Lipinski definition) is 1. The monoisotopic (exact) mass is 591 g/mol. The van der Waals surface area contributed by atoms with Gasteiger partial charge in [0, 0.05) is 30.2 Å². The van der Waals surface area contributed by atoms with E-state index in [4.69, 9.17) is 9.47 Å². The Hall–Kier alpha value is -4.77. The number of carboxylic acids is 1. The first-order chi connectivity index (χ1) is 20.7. The Bertz CT molecular complexity index is 1870. The summed E-state index contributed by atoms with van der Waals surface area (Å²) < 4.78 is 71.1. The summed E-state index contributed by atoms with van der Waals surface area (Å²) in [6.07, 6.45) is 0.834. The molecule has 2 aromatic heterocycles. The number of pyridine rings is 1. The summed E-state index contributed by atoms with van der Waals surface area (Å²) in [4.78, 5) is 20.3. The lowest BCUT2D eigenvalue weighted by Crippen LogP contribution is -2.31. The molecule has 5 aromatic rings. The van der Waals surface area contributed by atoms with Gasteiger partial charge in [-0.25, -0.2) is 32.3 Å². The van der Waals surface area contributed by atoms with E-state index in [0.717, 1.165) is 24.6 Å². The van der Waals surface area contributed by atoms with E-state index < -0.39 is 29.2 Å². The molecule has 0 bridgehead atoms. The van der Waals surface area contributed by atoms with Crippen molar-refractivity contribution in [1.29, 1.82) is 0 Å². The van der Waals surface area contributed by atoms with Gasteiger partial charge in [-0.3, -0.25) is 0 Å². The molecule has 220 valence electrons. The molecule has 0 radical (unpaired) electrons. The average molecular weight is 592 g/mol. The quantitative estimate of drug-likeness (QED) is 0.194. The van der Waals surface area contributed by atoms with Crippen molar-refractivity contribution in [1.82, 2.24) is 14.5 Å². The molecule has 1 saturated heterocycles. The molecule has 11 heteroatoms. The van der Waals surface area contributed by atoms with Crippen molar-refractivity contribution in [2.24, 2.45) is 0 Å². The van der Waals surface area contributed by atoms with Crippen LogP contribution in [0.4, 0.5) is 17.6 Å². The van der Waals surface area contributed by atoms with Gasteiger partial charge >= 0.3 is 5.97 Å². The number of carboxylic acid groups (broad SMARTS) is 1. The Morgan fingerprint density at radius 2 is 1.81 bits per heavy atom. The lowest BCUT2D eigenvalue weighted by atomic mass is 10.1. The summed E-state index contributed by atoms with van der Waals surface area (Å²) in [5.74, 6) is -3.19. The summed E-state index contributed by atoms with van der Waals surface area (Å²) in [7, 11) is 0. The highest BCUT2D eigenvalue weighted by Crippen LogP contribution is 2.28. The predicted molar refractivity (Wildman–Crippen MR) is 149 cm³/mol. The fourth-order valence-electron chi connectivity index (χ4n) is 4.98. The number of halogens is 4. The number of imidazole rings is 1. The second-order valence-corrected chi connectivity index (χ2v) is 10.4. The largest absolute Gasteiger partial charge is 0.478 e. The van der Waals surface area contributed by atoms with Gasteiger partial charge in [0.2, 0.25) is 5.88 Å². The number of rotatable bonds is 9. The van der Waals surface area contributed by atoms with E-state index in [1.54, 1.807) is 28.8 Å². The standard InChI is InChI=1S/C32H25F4N3O4/c1-17-9-24(34)20(13-23(17)33)16-43-30-4-2-3-27(37-30)22-6-5-18(10-25(22)35)11-29-38-31-26(36)12-19(32(40)41)14-28(31)39(29)15-21-7-8-42-21/h2-6,9-10,12-14,21H,7-8,11,15-16H2,1H3,(H,40,41). The van der Waals surface area contributed by atoms with Crippen LogP contribution in [0.3, 0.4) is 0 Å². The van der Waals surface area contributed by atoms with Crippen LogP contribution in [-0.2, 0) is 24.3 Å². The summed E-state index contributed by atoms with van der Waals surface area (Å²) in [6.45, 7) is 2.16. The average Bonchev–Trinajstić information content (AvgIpc) is 3.29. The fraction of sp³-hybridized carbons (Fsp3) is 0.219. The van der Waals surface area contributed by atoms with Crippen LogP contribution >= 0.6 is 0 Å². The first kappa shape index (κ1) is 28.4. The molecule has 1 aliphatic heterocycles. The van der Waals surface area contributed by atoms with Crippen molar-refractivity contribution < 1.29 is 36.9 Å². The topological polar surface area (TPSA) is 86.5 Å². The van der Waals surface area contributed by atoms with Crippen LogP contribution in [0.15, 0.2) is 60.7 Å². The van der Waals surface area contributed by atoms with Gasteiger partial charge in [-0.15, -0.1) is 0 Å². The van der Waals surface area contributed by atoms with Crippen molar-refractivity contribution in [3.8, 4) is 17.1 Å². The van der Waals surface area contributed by atoms with Gasteiger partial charge in [-0.2, -0.15) is 0 Å². The van der Waals surface area contributed by atoms with Crippen LogP contribution in [0.5, 0.6) is 5.88 Å². The minimum Gasteiger partial charge on any atom is -0.478 e. The highest BCUT2D eigenvalue weighted by atomic mass is 19.1. The second-order valence-electron chi connectivity index (χ2n) is 10.4. The Morgan fingerprint density at radius 3 is 2.53 bits per heavy atom. The van der Waals surface area contributed by atoms with Gasteiger partial charge in [-0.05, 0) is 66.9 Å². The van der Waals surface area contributed by atoms with E-state index in [2.05, 4.69) is 9.97 Å². The van der Waals surface area contributed by atoms with Crippen LogP contribution in [0.1, 0.15) is 39.3 Å². The minimum absolute atomic E-state index is 0.0276. The lowest BCUT2D eigenvalue weighted by Gasteiger charge is -2.27. The van der Waals surface area contributed by atoms with Gasteiger partial charge in [0.1, 0.15) is 35.4 Å². The number of aryl methyl sites for hydroxylation is 1. The molecule has 1 fully saturated rings. The van der Waals surface area contributed by atoms with Gasteiger partial charge in [0.15, 0.2) is 5.82 Å². The molecule has 7 nitrogen and oxygen atoms in total. The minimum atomic E-state index is -1.26. The van der Waals surface area contributed by atoms with Crippen LogP contribution in [-0.4, -0.2) is 38.3 Å². The van der Waals surface area contributed by atoms with E-state index in [-0.39, 0.29) is 58.5 Å². The number of aromatic carboxylic acids is 1. The van der Waals surface area contributed by atoms with Gasteiger partial charge in [0.25, 0.3) is 0 Å². The van der Waals surface area contributed by atoms with Crippen molar-refractivity contribution in [3.05, 3.63) is 112 Å². The Labute approximate surface area is 243 Å². The summed E-state index contributed by atoms with van der Waals surface area (Å²) in [5.41, 5.74) is 1.39. The third kappa shape index (κ3) is 5.80. The molecule has 1 N–H and O–H groups in total. The highest BCUT2D eigenvalue weighted by Gasteiger charge is 2.24. The number of hydrogen-bond acceptors (Lipinski definition) is 5. The van der Waals surface area contributed by atoms with Gasteiger partial charge in [0.05, 0.1) is 29.4 Å². The van der Waals surface area contributed by atoms with Gasteiger partial charge < -0.3 is 19.1 Å². The molecular formula is C32H25F4N3O4. The number of ether oxygens (including phenoxy) is 2. The number of aromatic nitrogens is 3. The molecule has 3 aromatic carbocycles. The normalized spacial score (nSPS) is 14.6. The maximum absolute atomic E-state index is 15.4. The van der Waals surface area contributed by atoms with Gasteiger partial charge in [-0.1, -0.05) is 12.1 Å². The molecule has 0 spiro atoms. The maximum Gasteiger partial charge on any atom is 0.335 e. The molecule has 0 saturated carbocycles. The molecule has 43 heavy (non-hydrogen) atoms. The third-order valence-corrected chi connectivity index (χ3v) is 7.41. The zero-order valence-electron chi connectivity index (χ0n) is 22.9. The summed E-state index contributed by atoms with van der Waals surface area (Å²) in [5, 5.41) is 9.42. The van der Waals surface area contributed by atoms with Crippen molar-refractivity contribution >= 4 is 17.0 Å². The lowest BCUT2D eigenvalue weighted by molar-refractivity contribution is -0.0589. The van der Waals surface area contributed by atoms with Crippen LogP contribution in [0.2, 0.25) is 0 Å². The SMILES string of the molecule is Cc1cc(F)c(COc2cccc(-c3ccc(Cc4nc5c(F)cc(C(=O)O)cc5n4CC4CCO4)cc3F)n2)cc1F. The second kappa shape index (κ2) is 11.5. The maximum atomic E-state index is 15.4. The highest BCUT2D eigenvalue weighted by molar-refractivity contribution is 5.92. The van der Waals surface area contributed by atoms with Crippen molar-refractivity contribution in [2.45, 2.75) is 39.0 Å². The van der Waals surface area contributed by atoms with E-state index in [9.17, 15) is 23.1 Å². The molecule has 3 heterocycles. The Kier molecular flexibility index (Phi) is 7.57. The fourth-order valence-corrected chi connectivity index (χ4v) is 4.98. The first-order valence-corrected chi connectivity index (χ1v) is 13.5. The van der Waals surface area contributed by atoms with Crippen LogP contribution < -0.4 is 4.74 Å². The van der Waals surface area contributed by atoms with Crippen LogP contribution in [0, 0.1) is 30.2 Å². The molecule has 0 aliphatic carbocycles. The summed E-state index contributed by atoms with van der Waals surface area (Å²) >= 11 is 0. The number of carbonyl (C=O) groups is 1. The van der Waals surface area contributed by atoms with E-state index in [1.807, 2.05) is 0 Å². The molecule has 1 atom stereocenters. The Balaban J connectivity index is 1.25. The zero-order valence-corrected chi connectivity index (χ0v) is 22.9. The summed E-state index contributed by atoms with van der Waals surface area (Å²) in [6, 6.07) is 13.8. The predicted octanol–water partition coefficient (Wildman–Crippen LogP) is 6.62. The van der Waals surface area contributed by atoms with E-state index >= 15 is 4.39 Å². The molecule has 1 aliphatic rings. The molecule has 0 amide bonds. The third-order valence-electron chi connectivity index (χ3n) is 7.41. The molecule has 6 rings (SSSR count). The van der Waals surface area contributed by atoms with E-state index in [0.29, 0.717) is 30.1 Å². The number of fused-ring (bicyclic) bond motifs is 1. The smallest absolute Gasteiger partial charge is 0.335 e. The molecule has 1 unspecified atom stereocenters. The number of benzene rings is 3.